The molecule has 0 spiro atoms. The minimum atomic E-state index is -3.12. The summed E-state index contributed by atoms with van der Waals surface area (Å²) in [7, 11) is -3.12. The summed E-state index contributed by atoms with van der Waals surface area (Å²) in [5, 5.41) is 6.71. The number of hydrogen-bond donors (Lipinski definition) is 0. The van der Waals surface area contributed by atoms with Gasteiger partial charge in [0.2, 0.25) is 10.0 Å². The second kappa shape index (κ2) is 9.21. The van der Waals surface area contributed by atoms with Crippen molar-refractivity contribution in [1.29, 1.82) is 0 Å². The van der Waals surface area contributed by atoms with Crippen LogP contribution in [0.3, 0.4) is 0 Å². The predicted octanol–water partition coefficient (Wildman–Crippen LogP) is 3.48. The van der Waals surface area contributed by atoms with Crippen LogP contribution in [0.15, 0.2) is 36.7 Å². The molecule has 2 saturated heterocycles. The molecule has 2 aliphatic rings. The summed E-state index contributed by atoms with van der Waals surface area (Å²) < 4.78 is 33.0. The number of benzene rings is 1. The van der Waals surface area contributed by atoms with Gasteiger partial charge in [0, 0.05) is 66.7 Å². The second-order valence-corrected chi connectivity index (χ2v) is 12.4. The molecule has 0 bridgehead atoms. The lowest BCUT2D eigenvalue weighted by molar-refractivity contribution is -0.0366. The van der Waals surface area contributed by atoms with Crippen LogP contribution in [0, 0.1) is 0 Å². The van der Waals surface area contributed by atoms with Gasteiger partial charge in [0.25, 0.3) is 0 Å². The Bertz CT molecular complexity index is 1470. The number of ether oxygens (including phenoxy) is 1. The van der Waals surface area contributed by atoms with Crippen LogP contribution in [0.25, 0.3) is 32.5 Å². The van der Waals surface area contributed by atoms with Crippen LogP contribution in [0.1, 0.15) is 30.4 Å². The first-order valence-electron chi connectivity index (χ1n) is 12.0. The summed E-state index contributed by atoms with van der Waals surface area (Å²) in [6.07, 6.45) is 8.29. The van der Waals surface area contributed by atoms with Crippen molar-refractivity contribution in [2.24, 2.45) is 0 Å². The van der Waals surface area contributed by atoms with Crippen LogP contribution >= 0.6 is 11.3 Å². The molecule has 1 atom stereocenters. The summed E-state index contributed by atoms with van der Waals surface area (Å²) in [5.74, 6) is 0.697. The number of aromatic nitrogens is 4. The van der Waals surface area contributed by atoms with Crippen molar-refractivity contribution in [3.8, 4) is 11.4 Å². The zero-order valence-corrected chi connectivity index (χ0v) is 21.3. The maximum Gasteiger partial charge on any atom is 0.211 e. The van der Waals surface area contributed by atoms with Crippen LogP contribution in [0.4, 0.5) is 0 Å². The first-order chi connectivity index (χ1) is 17.0. The third kappa shape index (κ3) is 4.58. The maximum absolute atomic E-state index is 11.8. The molecule has 0 radical (unpaired) electrons. The van der Waals surface area contributed by atoms with Crippen LogP contribution in [-0.4, -0.2) is 76.4 Å². The Kier molecular flexibility index (Phi) is 6.05. The Morgan fingerprint density at radius 1 is 1.14 bits per heavy atom. The summed E-state index contributed by atoms with van der Waals surface area (Å²) in [5.41, 5.74) is 2.01. The molecule has 35 heavy (non-hydrogen) atoms. The van der Waals surface area contributed by atoms with Gasteiger partial charge in [-0.05, 0) is 31.4 Å². The molecule has 11 heteroatoms. The van der Waals surface area contributed by atoms with E-state index in [-0.39, 0.29) is 6.23 Å². The third-order valence-electron chi connectivity index (χ3n) is 6.81. The molecule has 0 aliphatic carbocycles. The van der Waals surface area contributed by atoms with E-state index >= 15 is 0 Å². The topological polar surface area (TPSA) is 93.5 Å². The normalized spacial score (nSPS) is 20.7. The first-order valence-corrected chi connectivity index (χ1v) is 14.6. The molecule has 6 rings (SSSR count). The Hall–Kier alpha value is -2.44. The Morgan fingerprint density at radius 3 is 2.77 bits per heavy atom. The zero-order chi connectivity index (χ0) is 24.0. The highest BCUT2D eigenvalue weighted by Gasteiger charge is 2.24. The zero-order valence-electron chi connectivity index (χ0n) is 19.6. The van der Waals surface area contributed by atoms with Gasteiger partial charge in [-0.3, -0.25) is 4.90 Å². The number of fused-ring (bicyclic) bond motifs is 2. The number of nitrogens with zero attached hydrogens (tertiary/aromatic N) is 6. The van der Waals surface area contributed by atoms with Gasteiger partial charge >= 0.3 is 0 Å². The van der Waals surface area contributed by atoms with Gasteiger partial charge in [-0.1, -0.05) is 12.1 Å². The highest BCUT2D eigenvalue weighted by atomic mass is 32.2. The van der Waals surface area contributed by atoms with Gasteiger partial charge in [0.05, 0.1) is 18.0 Å². The second-order valence-electron chi connectivity index (χ2n) is 9.25. The van der Waals surface area contributed by atoms with Crippen molar-refractivity contribution in [1.82, 2.24) is 29.0 Å². The predicted molar refractivity (Wildman–Crippen MR) is 137 cm³/mol. The molecular formula is C24H28N6O3S2. The standard InChI is InChI=1S/C24H28N6O3S2/c1-35(31,32)29-10-8-28(9-11-29)16-18-13-17-14-25-23(27-24(17)34-18)19-5-4-6-21-20(19)15-26-30(21)22-7-2-3-12-33-22/h4-6,13-15,22H,2-3,7-12,16H2,1H3. The molecule has 2 aliphatic heterocycles. The van der Waals surface area contributed by atoms with Crippen molar-refractivity contribution in [2.45, 2.75) is 32.0 Å². The van der Waals surface area contributed by atoms with E-state index in [1.807, 2.05) is 29.2 Å². The molecular weight excluding hydrogens is 484 g/mol. The van der Waals surface area contributed by atoms with E-state index in [0.717, 1.165) is 72.2 Å². The molecule has 0 amide bonds. The molecule has 184 valence electrons. The Balaban J connectivity index is 1.24. The number of piperazine rings is 1. The van der Waals surface area contributed by atoms with Crippen LogP contribution in [0.5, 0.6) is 0 Å². The van der Waals surface area contributed by atoms with E-state index < -0.39 is 10.0 Å². The summed E-state index contributed by atoms with van der Waals surface area (Å²) in [6, 6.07) is 8.30. The van der Waals surface area contributed by atoms with Gasteiger partial charge in [0.15, 0.2) is 12.1 Å². The minimum Gasteiger partial charge on any atom is -0.356 e. The summed E-state index contributed by atoms with van der Waals surface area (Å²) >= 11 is 1.67. The lowest BCUT2D eigenvalue weighted by atomic mass is 10.1. The van der Waals surface area contributed by atoms with Gasteiger partial charge in [0.1, 0.15) is 4.83 Å². The average molecular weight is 513 g/mol. The molecule has 3 aromatic heterocycles. The molecule has 4 aromatic rings. The smallest absolute Gasteiger partial charge is 0.211 e. The van der Waals surface area contributed by atoms with E-state index in [2.05, 4.69) is 27.1 Å². The summed E-state index contributed by atoms with van der Waals surface area (Å²) in [6.45, 7) is 4.11. The molecule has 5 heterocycles. The van der Waals surface area contributed by atoms with Gasteiger partial charge < -0.3 is 4.74 Å². The monoisotopic (exact) mass is 512 g/mol. The molecule has 2 fully saturated rings. The number of thiophene rings is 1. The minimum absolute atomic E-state index is 0.0148. The fourth-order valence-electron chi connectivity index (χ4n) is 4.94. The number of sulfonamides is 1. The Labute approximate surface area is 208 Å². The van der Waals surface area contributed by atoms with Crippen molar-refractivity contribution >= 4 is 42.5 Å². The van der Waals surface area contributed by atoms with E-state index in [0.29, 0.717) is 18.9 Å². The van der Waals surface area contributed by atoms with Crippen LogP contribution in [0.2, 0.25) is 0 Å². The van der Waals surface area contributed by atoms with Crippen molar-refractivity contribution in [2.75, 3.05) is 39.0 Å². The highest BCUT2D eigenvalue weighted by molar-refractivity contribution is 7.88. The van der Waals surface area contributed by atoms with E-state index in [9.17, 15) is 8.42 Å². The summed E-state index contributed by atoms with van der Waals surface area (Å²) in [4.78, 5) is 14.1. The molecule has 9 nitrogen and oxygen atoms in total. The number of hydrogen-bond acceptors (Lipinski definition) is 8. The average Bonchev–Trinajstić information content (AvgIpc) is 3.47. The largest absolute Gasteiger partial charge is 0.356 e. The van der Waals surface area contributed by atoms with Gasteiger partial charge in [-0.2, -0.15) is 9.40 Å². The van der Waals surface area contributed by atoms with Crippen molar-refractivity contribution in [3.05, 3.63) is 41.5 Å². The first kappa shape index (κ1) is 23.0. The quantitative estimate of drug-likeness (QED) is 0.404. The fraction of sp³-hybridized carbons (Fsp3) is 0.458. The van der Waals surface area contributed by atoms with E-state index in [1.165, 1.54) is 11.1 Å². The third-order valence-corrected chi connectivity index (χ3v) is 9.15. The lowest BCUT2D eigenvalue weighted by Gasteiger charge is -2.32. The maximum atomic E-state index is 11.8. The van der Waals surface area contributed by atoms with Gasteiger partial charge in [-0.15, -0.1) is 11.3 Å². The lowest BCUT2D eigenvalue weighted by Crippen LogP contribution is -2.47. The van der Waals surface area contributed by atoms with E-state index in [4.69, 9.17) is 9.72 Å². The van der Waals surface area contributed by atoms with Crippen molar-refractivity contribution in [3.63, 3.8) is 0 Å². The molecule has 1 unspecified atom stereocenters. The highest BCUT2D eigenvalue weighted by Crippen LogP contribution is 2.32. The van der Waals surface area contributed by atoms with E-state index in [1.54, 1.807) is 15.6 Å². The molecule has 1 aromatic carbocycles. The van der Waals surface area contributed by atoms with Crippen LogP contribution in [-0.2, 0) is 21.3 Å². The van der Waals surface area contributed by atoms with Crippen molar-refractivity contribution < 1.29 is 13.2 Å². The fourth-order valence-corrected chi connectivity index (χ4v) is 6.81. The molecule has 0 N–H and O–H groups in total. The SMILES string of the molecule is CS(=O)(=O)N1CCN(Cc2cc3cnc(-c4cccc5c4cnn5C4CCCCO4)nc3s2)CC1. The van der Waals surface area contributed by atoms with Crippen LogP contribution < -0.4 is 0 Å². The number of rotatable bonds is 5. The van der Waals surface area contributed by atoms with Gasteiger partial charge in [-0.25, -0.2) is 23.1 Å². The molecule has 0 saturated carbocycles. The Morgan fingerprint density at radius 2 is 2.00 bits per heavy atom.